The topological polar surface area (TPSA) is 104 Å². The van der Waals surface area contributed by atoms with Crippen LogP contribution < -0.4 is 0 Å². The molecule has 19 heavy (non-hydrogen) atoms. The van der Waals surface area contributed by atoms with Crippen molar-refractivity contribution in [2.75, 3.05) is 38.5 Å². The summed E-state index contributed by atoms with van der Waals surface area (Å²) >= 11 is 0. The van der Waals surface area contributed by atoms with Crippen LogP contribution in [-0.2, 0) is 19.6 Å². The first-order valence-electron chi connectivity index (χ1n) is 5.98. The fourth-order valence-electron chi connectivity index (χ4n) is 1.71. The number of carbonyl (C=O) groups is 2. The van der Waals surface area contributed by atoms with Crippen LogP contribution in [0.2, 0.25) is 0 Å². The van der Waals surface area contributed by atoms with E-state index in [9.17, 15) is 18.0 Å². The van der Waals surface area contributed by atoms with E-state index in [1.54, 1.807) is 6.92 Å². The summed E-state index contributed by atoms with van der Waals surface area (Å²) in [5.41, 5.74) is 0. The van der Waals surface area contributed by atoms with Crippen molar-refractivity contribution in [2.45, 2.75) is 13.3 Å². The van der Waals surface area contributed by atoms with Gasteiger partial charge in [-0.25, -0.2) is 13.2 Å². The van der Waals surface area contributed by atoms with E-state index in [0.29, 0.717) is 0 Å². The van der Waals surface area contributed by atoms with Crippen molar-refractivity contribution in [3.05, 3.63) is 0 Å². The molecule has 110 valence electrons. The van der Waals surface area contributed by atoms with Crippen LogP contribution in [0, 0.1) is 0 Å². The number of hydrogen-bond donors (Lipinski definition) is 1. The molecule has 0 spiro atoms. The molecule has 1 heterocycles. The van der Waals surface area contributed by atoms with Crippen LogP contribution in [0.3, 0.4) is 0 Å². The summed E-state index contributed by atoms with van der Waals surface area (Å²) < 4.78 is 29.7. The number of hydrogen-bond acceptors (Lipinski definition) is 5. The zero-order valence-electron chi connectivity index (χ0n) is 10.7. The van der Waals surface area contributed by atoms with Gasteiger partial charge in [0.2, 0.25) is 10.0 Å². The Morgan fingerprint density at radius 2 is 1.79 bits per heavy atom. The zero-order valence-corrected chi connectivity index (χ0v) is 11.6. The van der Waals surface area contributed by atoms with E-state index in [0.717, 1.165) is 0 Å². The molecule has 0 atom stereocenters. The Balaban J connectivity index is 2.49. The normalized spacial score (nSPS) is 17.2. The Hall–Kier alpha value is -1.35. The third kappa shape index (κ3) is 4.67. The molecule has 9 heteroatoms. The van der Waals surface area contributed by atoms with E-state index >= 15 is 0 Å². The summed E-state index contributed by atoms with van der Waals surface area (Å²) in [6.45, 7) is 2.82. The minimum absolute atomic E-state index is 0.167. The predicted molar refractivity (Wildman–Crippen MR) is 66.2 cm³/mol. The number of piperazine rings is 1. The molecular weight excluding hydrogens is 276 g/mol. The van der Waals surface area contributed by atoms with E-state index in [1.807, 2.05) is 0 Å². The summed E-state index contributed by atoms with van der Waals surface area (Å²) in [6, 6.07) is 0. The van der Waals surface area contributed by atoms with Gasteiger partial charge in [-0.2, -0.15) is 4.31 Å². The Morgan fingerprint density at radius 1 is 1.21 bits per heavy atom. The van der Waals surface area contributed by atoms with Crippen LogP contribution in [0.4, 0.5) is 4.79 Å². The number of aliphatic carboxylic acids is 1. The molecule has 1 aliphatic rings. The van der Waals surface area contributed by atoms with Gasteiger partial charge in [0.1, 0.15) is 0 Å². The summed E-state index contributed by atoms with van der Waals surface area (Å²) in [7, 11) is -3.57. The van der Waals surface area contributed by atoms with E-state index in [-0.39, 0.29) is 32.8 Å². The van der Waals surface area contributed by atoms with E-state index in [1.165, 1.54) is 9.21 Å². The van der Waals surface area contributed by atoms with Crippen molar-refractivity contribution in [2.24, 2.45) is 0 Å². The number of sulfonamides is 1. The zero-order chi connectivity index (χ0) is 14.5. The molecule has 1 N–H and O–H groups in total. The van der Waals surface area contributed by atoms with Crippen LogP contribution in [0.1, 0.15) is 13.3 Å². The molecule has 0 aliphatic carbocycles. The maximum atomic E-state index is 11.8. The molecule has 0 aromatic carbocycles. The van der Waals surface area contributed by atoms with Gasteiger partial charge in [0.25, 0.3) is 0 Å². The number of carbonyl (C=O) groups excluding carboxylic acids is 1. The third-order valence-corrected chi connectivity index (χ3v) is 4.60. The van der Waals surface area contributed by atoms with Crippen LogP contribution in [0.25, 0.3) is 0 Å². The van der Waals surface area contributed by atoms with Gasteiger partial charge in [0.05, 0.1) is 18.8 Å². The fourth-order valence-corrected chi connectivity index (χ4v) is 3.12. The van der Waals surface area contributed by atoms with Crippen molar-refractivity contribution in [1.82, 2.24) is 9.21 Å². The van der Waals surface area contributed by atoms with Gasteiger partial charge < -0.3 is 14.7 Å². The Bertz CT molecular complexity index is 427. The molecule has 0 bridgehead atoms. The van der Waals surface area contributed by atoms with Gasteiger partial charge in [-0.1, -0.05) is 0 Å². The van der Waals surface area contributed by atoms with Crippen molar-refractivity contribution >= 4 is 22.1 Å². The summed E-state index contributed by atoms with van der Waals surface area (Å²) in [4.78, 5) is 23.3. The first-order valence-corrected chi connectivity index (χ1v) is 7.59. The molecule has 0 aromatic rings. The van der Waals surface area contributed by atoms with Gasteiger partial charge in [0, 0.05) is 26.2 Å². The molecule has 1 aliphatic heterocycles. The number of carboxylic acids is 1. The predicted octanol–water partition coefficient (Wildman–Crippen LogP) is -0.435. The average Bonchev–Trinajstić information content (AvgIpc) is 2.37. The smallest absolute Gasteiger partial charge is 0.409 e. The van der Waals surface area contributed by atoms with E-state index < -0.39 is 34.3 Å². The number of ether oxygens (including phenoxy) is 1. The monoisotopic (exact) mass is 294 g/mol. The molecule has 1 amide bonds. The highest BCUT2D eigenvalue weighted by atomic mass is 32.2. The van der Waals surface area contributed by atoms with Gasteiger partial charge in [-0.05, 0) is 6.92 Å². The first kappa shape index (κ1) is 15.7. The lowest BCUT2D eigenvalue weighted by Gasteiger charge is -2.33. The average molecular weight is 294 g/mol. The van der Waals surface area contributed by atoms with Crippen LogP contribution in [0.5, 0.6) is 0 Å². The standard InChI is InChI=1S/C10H18N2O6S/c1-2-18-10(15)11-4-6-12(7-5-11)19(16,17)8-3-9(13)14/h2-8H2,1H3,(H,13,14). The minimum Gasteiger partial charge on any atom is -0.481 e. The van der Waals surface area contributed by atoms with Gasteiger partial charge in [-0.15, -0.1) is 0 Å². The SMILES string of the molecule is CCOC(=O)N1CCN(S(=O)(=O)CCC(=O)O)CC1. The lowest BCUT2D eigenvalue weighted by molar-refractivity contribution is -0.136. The molecule has 0 saturated carbocycles. The Kier molecular flexibility index (Phi) is 5.55. The highest BCUT2D eigenvalue weighted by Crippen LogP contribution is 2.10. The molecule has 8 nitrogen and oxygen atoms in total. The first-order chi connectivity index (χ1) is 8.86. The van der Waals surface area contributed by atoms with Crippen molar-refractivity contribution in [3.63, 3.8) is 0 Å². The highest BCUT2D eigenvalue weighted by molar-refractivity contribution is 7.89. The summed E-state index contributed by atoms with van der Waals surface area (Å²) in [6.07, 6.45) is -0.870. The van der Waals surface area contributed by atoms with E-state index in [2.05, 4.69) is 0 Å². The second-order valence-electron chi connectivity index (χ2n) is 4.04. The van der Waals surface area contributed by atoms with Crippen molar-refractivity contribution in [3.8, 4) is 0 Å². The number of amides is 1. The number of carboxylic acid groups (broad SMARTS) is 1. The summed E-state index contributed by atoms with van der Waals surface area (Å²) in [5, 5.41) is 8.50. The molecule has 1 fully saturated rings. The largest absolute Gasteiger partial charge is 0.481 e. The molecule has 0 aromatic heterocycles. The number of rotatable bonds is 5. The summed E-state index contributed by atoms with van der Waals surface area (Å²) in [5.74, 6) is -1.56. The van der Waals surface area contributed by atoms with Gasteiger partial charge in [-0.3, -0.25) is 4.79 Å². The lowest BCUT2D eigenvalue weighted by atomic mass is 10.4. The second-order valence-corrected chi connectivity index (χ2v) is 6.13. The molecular formula is C10H18N2O6S. The van der Waals surface area contributed by atoms with E-state index in [4.69, 9.17) is 9.84 Å². The quantitative estimate of drug-likeness (QED) is 0.737. The second kappa shape index (κ2) is 6.71. The third-order valence-electron chi connectivity index (χ3n) is 2.73. The minimum atomic E-state index is -3.57. The maximum Gasteiger partial charge on any atom is 0.409 e. The maximum absolute atomic E-state index is 11.8. The van der Waals surface area contributed by atoms with Crippen molar-refractivity contribution < 1.29 is 27.9 Å². The fraction of sp³-hybridized carbons (Fsp3) is 0.800. The molecule has 0 unspecified atom stereocenters. The molecule has 1 saturated heterocycles. The molecule has 1 rings (SSSR count). The Morgan fingerprint density at radius 3 is 2.26 bits per heavy atom. The van der Waals surface area contributed by atoms with Crippen molar-refractivity contribution in [1.29, 1.82) is 0 Å². The van der Waals surface area contributed by atoms with Gasteiger partial charge in [0.15, 0.2) is 0 Å². The lowest BCUT2D eigenvalue weighted by Crippen LogP contribution is -2.51. The van der Waals surface area contributed by atoms with Crippen LogP contribution >= 0.6 is 0 Å². The van der Waals surface area contributed by atoms with Crippen LogP contribution in [-0.4, -0.2) is 73.3 Å². The molecule has 0 radical (unpaired) electrons. The van der Waals surface area contributed by atoms with Crippen LogP contribution in [0.15, 0.2) is 0 Å². The highest BCUT2D eigenvalue weighted by Gasteiger charge is 2.29. The number of nitrogens with zero attached hydrogens (tertiary/aromatic N) is 2. The van der Waals surface area contributed by atoms with Gasteiger partial charge >= 0.3 is 12.1 Å². The Labute approximate surface area is 112 Å².